The summed E-state index contributed by atoms with van der Waals surface area (Å²) in [7, 11) is -3.55. The number of nitrogens with zero attached hydrogens (tertiary/aromatic N) is 2. The number of para-hydroxylation sites is 2. The molecule has 0 bridgehead atoms. The van der Waals surface area contributed by atoms with Crippen molar-refractivity contribution in [1.82, 2.24) is 9.97 Å². The number of hydrogen-bond donors (Lipinski definition) is 3. The number of H-pyrrole nitrogens is 1. The first-order chi connectivity index (χ1) is 16.2. The molecule has 12 heteroatoms. The molecule has 0 amide bonds. The molecular formula is C24H25Cl2N5O3S2. The van der Waals surface area contributed by atoms with Crippen LogP contribution < -0.4 is 16.2 Å². The van der Waals surface area contributed by atoms with Crippen LogP contribution in [0.3, 0.4) is 0 Å². The summed E-state index contributed by atoms with van der Waals surface area (Å²) in [5, 5.41) is 0. The predicted molar refractivity (Wildman–Crippen MR) is 152 cm³/mol. The minimum atomic E-state index is -3.55. The summed E-state index contributed by atoms with van der Waals surface area (Å²) >= 11 is 5.60. The maximum atomic E-state index is 12.3. The Morgan fingerprint density at radius 1 is 1.06 bits per heavy atom. The first-order valence-electron chi connectivity index (χ1n) is 10.3. The number of aliphatic imine (C=N–C) groups is 1. The Morgan fingerprint density at radius 3 is 2.39 bits per heavy atom. The van der Waals surface area contributed by atoms with Crippen molar-refractivity contribution in [2.24, 2.45) is 16.5 Å². The molecule has 0 atom stereocenters. The van der Waals surface area contributed by atoms with Crippen molar-refractivity contribution >= 4 is 68.7 Å². The van der Waals surface area contributed by atoms with Gasteiger partial charge in [-0.1, -0.05) is 42.5 Å². The molecule has 0 fully saturated rings. The van der Waals surface area contributed by atoms with Crippen LogP contribution in [0.25, 0.3) is 11.0 Å². The van der Waals surface area contributed by atoms with E-state index in [1.165, 1.54) is 6.07 Å². The van der Waals surface area contributed by atoms with Crippen LogP contribution in [0, 0.1) is 0 Å². The average Bonchev–Trinajstić information content (AvgIpc) is 3.20. The predicted octanol–water partition coefficient (Wildman–Crippen LogP) is 4.34. The van der Waals surface area contributed by atoms with Gasteiger partial charge in [-0.15, -0.1) is 24.8 Å². The van der Waals surface area contributed by atoms with Crippen LogP contribution in [0.15, 0.2) is 76.6 Å². The number of rotatable bonds is 8. The first-order valence-corrected chi connectivity index (χ1v) is 12.6. The van der Waals surface area contributed by atoms with Crippen LogP contribution in [0.2, 0.25) is 0 Å². The summed E-state index contributed by atoms with van der Waals surface area (Å²) in [6.45, 7) is 0.169. The van der Waals surface area contributed by atoms with E-state index < -0.39 is 9.84 Å². The van der Waals surface area contributed by atoms with Crippen molar-refractivity contribution < 1.29 is 13.2 Å². The smallest absolute Gasteiger partial charge is 0.186 e. The van der Waals surface area contributed by atoms with E-state index >= 15 is 0 Å². The van der Waals surface area contributed by atoms with Gasteiger partial charge in [-0.05, 0) is 47.5 Å². The highest BCUT2D eigenvalue weighted by molar-refractivity contribution is 7.90. The van der Waals surface area contributed by atoms with Gasteiger partial charge in [-0.2, -0.15) is 0 Å². The third-order valence-electron chi connectivity index (χ3n) is 5.02. The number of aromatic nitrogens is 2. The molecule has 0 spiro atoms. The fourth-order valence-corrected chi connectivity index (χ4v) is 4.50. The van der Waals surface area contributed by atoms with Gasteiger partial charge >= 0.3 is 0 Å². The van der Waals surface area contributed by atoms with E-state index in [9.17, 15) is 8.42 Å². The van der Waals surface area contributed by atoms with E-state index in [1.54, 1.807) is 24.3 Å². The second kappa shape index (κ2) is 12.2. The van der Waals surface area contributed by atoms with Crippen LogP contribution in [0.5, 0.6) is 11.5 Å². The van der Waals surface area contributed by atoms with Gasteiger partial charge in [0.1, 0.15) is 22.2 Å². The number of nitrogens with one attached hydrogen (secondary N) is 1. The van der Waals surface area contributed by atoms with E-state index in [0.29, 0.717) is 17.7 Å². The zero-order valence-electron chi connectivity index (χ0n) is 19.2. The molecule has 0 saturated heterocycles. The Morgan fingerprint density at radius 2 is 1.75 bits per heavy atom. The normalized spacial score (nSPS) is 10.7. The third-order valence-corrected chi connectivity index (χ3v) is 6.52. The van der Waals surface area contributed by atoms with E-state index in [1.807, 2.05) is 36.4 Å². The standard InChI is InChI=1S/C24H23N5O3S2.2ClH/c1-34(30,31)22-12-15(14-27-24(25)26)6-11-20(22)32-17-9-7-16(8-10-17)21(33)13-23-28-18-4-2-3-5-19(18)29-23;;/h2-12H,13-14H2,1H3,(H,28,29)(H4,25,26,27);2*1H. The molecular weight excluding hydrogens is 541 g/mol. The maximum Gasteiger partial charge on any atom is 0.186 e. The molecule has 0 aliphatic rings. The van der Waals surface area contributed by atoms with Gasteiger partial charge < -0.3 is 21.2 Å². The van der Waals surface area contributed by atoms with Crippen molar-refractivity contribution in [2.45, 2.75) is 17.9 Å². The number of imidazole rings is 1. The second-order valence-corrected chi connectivity index (χ2v) is 10.2. The second-order valence-electron chi connectivity index (χ2n) is 7.72. The number of ether oxygens (including phenoxy) is 1. The number of fused-ring (bicyclic) bond motifs is 1. The molecule has 0 unspecified atom stereocenters. The van der Waals surface area contributed by atoms with Crippen LogP contribution in [-0.4, -0.2) is 35.5 Å². The van der Waals surface area contributed by atoms with Gasteiger partial charge in [0.25, 0.3) is 0 Å². The number of nitrogens with two attached hydrogens (primary N) is 2. The molecule has 3 aromatic carbocycles. The minimum Gasteiger partial charge on any atom is -0.456 e. The fraction of sp³-hybridized carbons (Fsp3) is 0.125. The lowest BCUT2D eigenvalue weighted by molar-refractivity contribution is 0.467. The molecule has 1 heterocycles. The monoisotopic (exact) mass is 565 g/mol. The minimum absolute atomic E-state index is 0. The van der Waals surface area contributed by atoms with Crippen LogP contribution in [-0.2, 0) is 22.8 Å². The molecule has 8 nitrogen and oxygen atoms in total. The Labute approximate surface area is 226 Å². The van der Waals surface area contributed by atoms with Gasteiger partial charge in [-0.25, -0.2) is 18.4 Å². The Bertz CT molecular complexity index is 1470. The van der Waals surface area contributed by atoms with Gasteiger partial charge in [0.15, 0.2) is 15.8 Å². The Hall–Kier alpha value is -3.18. The number of halogens is 2. The lowest BCUT2D eigenvalue weighted by atomic mass is 10.1. The first kappa shape index (κ1) is 29.1. The summed E-state index contributed by atoms with van der Waals surface area (Å²) in [5.74, 6) is 1.43. The van der Waals surface area contributed by atoms with E-state index in [-0.39, 0.29) is 48.0 Å². The molecule has 36 heavy (non-hydrogen) atoms. The maximum absolute atomic E-state index is 12.3. The summed E-state index contributed by atoms with van der Waals surface area (Å²) < 4.78 is 30.5. The SMILES string of the molecule is CS(=O)(=O)c1cc(CN=C(N)N)ccc1Oc1ccc(C(=S)Cc2nc3ccccc3[nH]2)cc1.Cl.Cl. The highest BCUT2D eigenvalue weighted by Crippen LogP contribution is 2.30. The highest BCUT2D eigenvalue weighted by atomic mass is 35.5. The number of sulfone groups is 1. The van der Waals surface area contributed by atoms with E-state index in [0.717, 1.165) is 33.5 Å². The van der Waals surface area contributed by atoms with Gasteiger partial charge in [0.2, 0.25) is 0 Å². The van der Waals surface area contributed by atoms with Crippen molar-refractivity contribution in [3.8, 4) is 11.5 Å². The number of benzene rings is 3. The quantitative estimate of drug-likeness (QED) is 0.125. The van der Waals surface area contributed by atoms with E-state index in [4.69, 9.17) is 28.4 Å². The van der Waals surface area contributed by atoms with Crippen molar-refractivity contribution in [2.75, 3.05) is 6.26 Å². The molecule has 0 radical (unpaired) electrons. The van der Waals surface area contributed by atoms with Crippen LogP contribution in [0.1, 0.15) is 17.0 Å². The number of guanidine groups is 1. The van der Waals surface area contributed by atoms with E-state index in [2.05, 4.69) is 15.0 Å². The van der Waals surface area contributed by atoms with Crippen molar-refractivity contribution in [3.63, 3.8) is 0 Å². The topological polar surface area (TPSA) is 136 Å². The number of aromatic amines is 1. The molecule has 190 valence electrons. The molecule has 5 N–H and O–H groups in total. The third kappa shape index (κ3) is 7.17. The van der Waals surface area contributed by atoms with Gasteiger partial charge in [-0.3, -0.25) is 0 Å². The Balaban J connectivity index is 0.00000228. The number of hydrogen-bond acceptors (Lipinski definition) is 6. The molecule has 0 aliphatic heterocycles. The summed E-state index contributed by atoms with van der Waals surface area (Å²) in [5.41, 5.74) is 14.1. The molecule has 0 saturated carbocycles. The number of thiocarbonyl (C=S) groups is 1. The molecule has 4 aromatic rings. The van der Waals surface area contributed by atoms with Gasteiger partial charge in [0, 0.05) is 17.5 Å². The summed E-state index contributed by atoms with van der Waals surface area (Å²) in [6, 6.07) is 19.8. The highest BCUT2D eigenvalue weighted by Gasteiger charge is 2.17. The summed E-state index contributed by atoms with van der Waals surface area (Å²) in [6.07, 6.45) is 1.62. The average molecular weight is 567 g/mol. The lowest BCUT2D eigenvalue weighted by Crippen LogP contribution is -2.22. The van der Waals surface area contributed by atoms with Crippen molar-refractivity contribution in [3.05, 3.63) is 83.7 Å². The fourth-order valence-electron chi connectivity index (χ4n) is 3.39. The zero-order valence-corrected chi connectivity index (χ0v) is 22.4. The molecule has 0 aliphatic carbocycles. The zero-order chi connectivity index (χ0) is 24.3. The summed E-state index contributed by atoms with van der Waals surface area (Å²) in [4.78, 5) is 12.5. The molecule has 1 aromatic heterocycles. The largest absolute Gasteiger partial charge is 0.456 e. The van der Waals surface area contributed by atoms with Crippen molar-refractivity contribution in [1.29, 1.82) is 0 Å². The Kier molecular flexibility index (Phi) is 9.83. The van der Waals surface area contributed by atoms with Crippen LogP contribution in [0.4, 0.5) is 0 Å². The molecule has 4 rings (SSSR count). The van der Waals surface area contributed by atoms with Gasteiger partial charge in [0.05, 0.1) is 17.6 Å². The lowest BCUT2D eigenvalue weighted by Gasteiger charge is -2.12. The van der Waals surface area contributed by atoms with Crippen LogP contribution >= 0.6 is 37.0 Å².